The van der Waals surface area contributed by atoms with E-state index in [1.54, 1.807) is 19.4 Å². The van der Waals surface area contributed by atoms with Crippen LogP contribution < -0.4 is 5.32 Å². The van der Waals surface area contributed by atoms with Crippen LogP contribution in [0.25, 0.3) is 0 Å². The number of rotatable bonds is 4. The number of pyridine rings is 1. The fourth-order valence-corrected chi connectivity index (χ4v) is 2.64. The molecule has 0 aromatic carbocycles. The first kappa shape index (κ1) is 14.9. The van der Waals surface area contributed by atoms with Crippen molar-refractivity contribution in [3.05, 3.63) is 30.1 Å². The average molecular weight is 276 g/mol. The molecule has 1 amide bonds. The number of nitrogens with one attached hydrogen (secondary N) is 1. The highest BCUT2D eigenvalue weighted by Crippen LogP contribution is 2.16. The predicted molar refractivity (Wildman–Crippen MR) is 79.2 cm³/mol. The quantitative estimate of drug-likeness (QED) is 0.880. The van der Waals surface area contributed by atoms with Crippen molar-refractivity contribution in [1.82, 2.24) is 20.1 Å². The van der Waals surface area contributed by atoms with Gasteiger partial charge in [0.1, 0.15) is 6.04 Å². The highest BCUT2D eigenvalue weighted by Gasteiger charge is 2.32. The van der Waals surface area contributed by atoms with Gasteiger partial charge < -0.3 is 5.32 Å². The lowest BCUT2D eigenvalue weighted by atomic mass is 10.1. The summed E-state index contributed by atoms with van der Waals surface area (Å²) in [6.07, 6.45) is 3.60. The Kier molecular flexibility index (Phi) is 5.09. The Morgan fingerprint density at radius 3 is 2.70 bits per heavy atom. The predicted octanol–water partition coefficient (Wildman–Crippen LogP) is 0.722. The molecule has 0 bridgehead atoms. The molecule has 110 valence electrons. The summed E-state index contributed by atoms with van der Waals surface area (Å²) in [5.74, 6) is 0.101. The van der Waals surface area contributed by atoms with Gasteiger partial charge in [0.2, 0.25) is 5.91 Å². The van der Waals surface area contributed by atoms with Crippen LogP contribution in [0.1, 0.15) is 19.4 Å². The molecule has 1 aliphatic heterocycles. The zero-order valence-corrected chi connectivity index (χ0v) is 12.5. The summed E-state index contributed by atoms with van der Waals surface area (Å²) in [5.41, 5.74) is 1.20. The summed E-state index contributed by atoms with van der Waals surface area (Å²) in [6, 6.07) is 4.42. The van der Waals surface area contributed by atoms with Crippen LogP contribution in [0.2, 0.25) is 0 Å². The van der Waals surface area contributed by atoms with E-state index in [2.05, 4.69) is 33.9 Å². The van der Waals surface area contributed by atoms with Crippen LogP contribution in [-0.2, 0) is 11.3 Å². The van der Waals surface area contributed by atoms with Crippen LogP contribution in [-0.4, -0.2) is 59.5 Å². The maximum atomic E-state index is 12.1. The summed E-state index contributed by atoms with van der Waals surface area (Å²) in [4.78, 5) is 20.8. The van der Waals surface area contributed by atoms with E-state index < -0.39 is 0 Å². The molecule has 0 radical (unpaired) electrons. The van der Waals surface area contributed by atoms with E-state index in [1.165, 1.54) is 5.56 Å². The third-order valence-electron chi connectivity index (χ3n) is 3.94. The Bertz CT molecular complexity index is 435. The van der Waals surface area contributed by atoms with Crippen molar-refractivity contribution in [3.63, 3.8) is 0 Å². The molecular weight excluding hydrogens is 252 g/mol. The van der Waals surface area contributed by atoms with Gasteiger partial charge in [-0.2, -0.15) is 0 Å². The molecule has 0 spiro atoms. The normalized spacial score (nSPS) is 21.1. The Balaban J connectivity index is 2.08. The summed E-state index contributed by atoms with van der Waals surface area (Å²) >= 11 is 0. The minimum Gasteiger partial charge on any atom is -0.358 e. The van der Waals surface area contributed by atoms with Crippen molar-refractivity contribution in [2.45, 2.75) is 32.5 Å². The average Bonchev–Trinajstić information content (AvgIpc) is 2.47. The lowest BCUT2D eigenvalue weighted by Gasteiger charge is -2.42. The molecule has 1 atom stereocenters. The number of carbonyl (C=O) groups excluding carboxylic acids is 1. The lowest BCUT2D eigenvalue weighted by molar-refractivity contribution is -0.129. The van der Waals surface area contributed by atoms with Crippen LogP contribution in [0.4, 0.5) is 0 Å². The number of carbonyl (C=O) groups is 1. The van der Waals surface area contributed by atoms with Gasteiger partial charge in [-0.1, -0.05) is 0 Å². The van der Waals surface area contributed by atoms with Gasteiger partial charge in [0, 0.05) is 51.7 Å². The van der Waals surface area contributed by atoms with Crippen molar-refractivity contribution >= 4 is 5.91 Å². The minimum absolute atomic E-state index is 0.0793. The van der Waals surface area contributed by atoms with Crippen molar-refractivity contribution < 1.29 is 4.79 Å². The van der Waals surface area contributed by atoms with Gasteiger partial charge in [-0.15, -0.1) is 0 Å². The van der Waals surface area contributed by atoms with Crippen molar-refractivity contribution in [2.24, 2.45) is 0 Å². The number of hydrogen-bond acceptors (Lipinski definition) is 4. The second-order valence-corrected chi connectivity index (χ2v) is 5.54. The van der Waals surface area contributed by atoms with Crippen LogP contribution in [0.3, 0.4) is 0 Å². The first-order chi connectivity index (χ1) is 9.61. The number of likely N-dealkylation sites (N-methyl/N-ethyl adjacent to an activating group) is 1. The van der Waals surface area contributed by atoms with Gasteiger partial charge in [-0.05, 0) is 31.5 Å². The molecule has 2 heterocycles. The van der Waals surface area contributed by atoms with Crippen molar-refractivity contribution in [2.75, 3.05) is 26.7 Å². The monoisotopic (exact) mass is 276 g/mol. The second-order valence-electron chi connectivity index (χ2n) is 5.54. The highest BCUT2D eigenvalue weighted by atomic mass is 16.2. The summed E-state index contributed by atoms with van der Waals surface area (Å²) in [5, 5.41) is 2.79. The van der Waals surface area contributed by atoms with E-state index in [1.807, 2.05) is 12.1 Å². The van der Waals surface area contributed by atoms with E-state index in [0.29, 0.717) is 6.04 Å². The van der Waals surface area contributed by atoms with Crippen LogP contribution in [0.15, 0.2) is 24.5 Å². The molecule has 5 nitrogen and oxygen atoms in total. The van der Waals surface area contributed by atoms with E-state index in [-0.39, 0.29) is 11.9 Å². The van der Waals surface area contributed by atoms with E-state index in [0.717, 1.165) is 26.2 Å². The van der Waals surface area contributed by atoms with Gasteiger partial charge >= 0.3 is 0 Å². The first-order valence-electron chi connectivity index (χ1n) is 7.20. The fraction of sp³-hybridized carbons (Fsp3) is 0.600. The number of amides is 1. The molecule has 1 N–H and O–H groups in total. The van der Waals surface area contributed by atoms with Crippen LogP contribution >= 0.6 is 0 Å². The molecule has 1 saturated heterocycles. The molecule has 2 rings (SSSR count). The molecule has 0 unspecified atom stereocenters. The number of piperazine rings is 1. The smallest absolute Gasteiger partial charge is 0.238 e. The Morgan fingerprint density at radius 1 is 1.40 bits per heavy atom. The topological polar surface area (TPSA) is 48.5 Å². The summed E-state index contributed by atoms with van der Waals surface area (Å²) < 4.78 is 0. The standard InChI is InChI=1S/C15H24N4O/c1-12(2)18-8-9-19(14(11-18)15(20)16-3)10-13-4-6-17-7-5-13/h4-7,12,14H,8-11H2,1-3H3,(H,16,20)/t14-/m1/s1. The third kappa shape index (κ3) is 3.55. The summed E-state index contributed by atoms with van der Waals surface area (Å²) in [6.45, 7) is 7.88. The molecular formula is C15H24N4O. The third-order valence-corrected chi connectivity index (χ3v) is 3.94. The van der Waals surface area contributed by atoms with Gasteiger partial charge in [0.05, 0.1) is 0 Å². The van der Waals surface area contributed by atoms with E-state index >= 15 is 0 Å². The minimum atomic E-state index is -0.0793. The first-order valence-corrected chi connectivity index (χ1v) is 7.20. The maximum Gasteiger partial charge on any atom is 0.238 e. The Hall–Kier alpha value is -1.46. The van der Waals surface area contributed by atoms with Crippen molar-refractivity contribution in [1.29, 1.82) is 0 Å². The number of aromatic nitrogens is 1. The summed E-state index contributed by atoms with van der Waals surface area (Å²) in [7, 11) is 1.71. The number of nitrogens with zero attached hydrogens (tertiary/aromatic N) is 3. The van der Waals surface area contributed by atoms with Crippen molar-refractivity contribution in [3.8, 4) is 0 Å². The van der Waals surface area contributed by atoms with Gasteiger partial charge in [0.15, 0.2) is 0 Å². The van der Waals surface area contributed by atoms with E-state index in [4.69, 9.17) is 0 Å². The molecule has 0 aliphatic carbocycles. The van der Waals surface area contributed by atoms with Gasteiger partial charge in [-0.3, -0.25) is 19.6 Å². The molecule has 0 saturated carbocycles. The van der Waals surface area contributed by atoms with Crippen LogP contribution in [0.5, 0.6) is 0 Å². The molecule has 20 heavy (non-hydrogen) atoms. The zero-order chi connectivity index (χ0) is 14.5. The highest BCUT2D eigenvalue weighted by molar-refractivity contribution is 5.81. The second kappa shape index (κ2) is 6.81. The maximum absolute atomic E-state index is 12.1. The van der Waals surface area contributed by atoms with Gasteiger partial charge in [-0.25, -0.2) is 0 Å². The Labute approximate surface area is 121 Å². The SMILES string of the molecule is CNC(=O)[C@H]1CN(C(C)C)CCN1Cc1ccncc1. The largest absolute Gasteiger partial charge is 0.358 e. The lowest BCUT2D eigenvalue weighted by Crippen LogP contribution is -2.59. The zero-order valence-electron chi connectivity index (χ0n) is 12.5. The Morgan fingerprint density at radius 2 is 2.10 bits per heavy atom. The molecule has 1 aromatic rings. The van der Waals surface area contributed by atoms with Gasteiger partial charge in [0.25, 0.3) is 0 Å². The molecule has 1 aliphatic rings. The van der Waals surface area contributed by atoms with E-state index in [9.17, 15) is 4.79 Å². The molecule has 1 fully saturated rings. The fourth-order valence-electron chi connectivity index (χ4n) is 2.64. The molecule has 5 heteroatoms. The number of hydrogen-bond donors (Lipinski definition) is 1. The molecule has 1 aromatic heterocycles. The van der Waals surface area contributed by atoms with Crippen LogP contribution in [0, 0.1) is 0 Å².